The van der Waals surface area contributed by atoms with E-state index < -0.39 is 16.5 Å². The lowest BCUT2D eigenvalue weighted by molar-refractivity contribution is 0.351. The second-order valence-corrected chi connectivity index (χ2v) is 6.00. The number of hydrogen-bond acceptors (Lipinski definition) is 2. The van der Waals surface area contributed by atoms with Crippen LogP contribution in [0, 0.1) is 11.6 Å². The summed E-state index contributed by atoms with van der Waals surface area (Å²) in [7, 11) is 2.89. The minimum absolute atomic E-state index is 0.262. The van der Waals surface area contributed by atoms with E-state index in [1.54, 1.807) is 12.1 Å². The first kappa shape index (κ1) is 16.2. The van der Waals surface area contributed by atoms with Crippen molar-refractivity contribution in [3.8, 4) is 11.5 Å². The van der Waals surface area contributed by atoms with Gasteiger partial charge in [-0.3, -0.25) is 0 Å². The smallest absolute Gasteiger partial charge is 0.163 e. The van der Waals surface area contributed by atoms with Crippen LogP contribution in [-0.2, 0) is 0 Å². The molecular formula is C15H12Br2F2O2. The molecule has 0 fully saturated rings. The van der Waals surface area contributed by atoms with Gasteiger partial charge in [0.25, 0.3) is 0 Å². The summed E-state index contributed by atoms with van der Waals surface area (Å²) in [5.74, 6) is -0.276. The Kier molecular flexibility index (Phi) is 5.22. The maximum Gasteiger partial charge on any atom is 0.163 e. The maximum atomic E-state index is 14.2. The molecule has 0 aliphatic rings. The van der Waals surface area contributed by atoms with E-state index in [1.165, 1.54) is 32.4 Å². The lowest BCUT2D eigenvalue weighted by atomic mass is 10.0. The van der Waals surface area contributed by atoms with Crippen LogP contribution in [0.5, 0.6) is 11.5 Å². The lowest BCUT2D eigenvalue weighted by Crippen LogP contribution is -2.02. The Morgan fingerprint density at radius 1 is 1.00 bits per heavy atom. The second kappa shape index (κ2) is 6.75. The van der Waals surface area contributed by atoms with Crippen molar-refractivity contribution in [3.63, 3.8) is 0 Å². The largest absolute Gasteiger partial charge is 0.493 e. The van der Waals surface area contributed by atoms with E-state index in [1.807, 2.05) is 0 Å². The number of benzene rings is 2. The molecule has 0 radical (unpaired) electrons. The number of methoxy groups -OCH3 is 2. The number of halogens is 4. The first-order valence-electron chi connectivity index (χ1n) is 5.99. The summed E-state index contributed by atoms with van der Waals surface area (Å²) < 4.78 is 39.0. The fourth-order valence-corrected chi connectivity index (χ4v) is 3.67. The van der Waals surface area contributed by atoms with Crippen molar-refractivity contribution in [2.75, 3.05) is 14.2 Å². The van der Waals surface area contributed by atoms with Crippen LogP contribution in [0.15, 0.2) is 34.8 Å². The predicted molar refractivity (Wildman–Crippen MR) is 84.4 cm³/mol. The Balaban J connectivity index is 2.56. The van der Waals surface area contributed by atoms with Crippen molar-refractivity contribution in [3.05, 3.63) is 57.6 Å². The van der Waals surface area contributed by atoms with Crippen LogP contribution in [0.4, 0.5) is 8.78 Å². The summed E-state index contributed by atoms with van der Waals surface area (Å²) in [4.78, 5) is -0.659. The molecule has 0 amide bonds. The molecule has 1 unspecified atom stereocenters. The summed E-state index contributed by atoms with van der Waals surface area (Å²) in [5, 5.41) is 0. The fourth-order valence-electron chi connectivity index (χ4n) is 1.97. The van der Waals surface area contributed by atoms with Crippen LogP contribution in [0.3, 0.4) is 0 Å². The highest BCUT2D eigenvalue weighted by atomic mass is 79.9. The van der Waals surface area contributed by atoms with Gasteiger partial charge in [0, 0.05) is 21.7 Å². The van der Waals surface area contributed by atoms with Gasteiger partial charge in [0.05, 0.1) is 19.0 Å². The Morgan fingerprint density at radius 3 is 2.19 bits per heavy atom. The van der Waals surface area contributed by atoms with Gasteiger partial charge in [-0.2, -0.15) is 0 Å². The predicted octanol–water partition coefficient (Wildman–Crippen LogP) is 5.23. The molecule has 0 spiro atoms. The highest BCUT2D eigenvalue weighted by Gasteiger charge is 2.23. The molecule has 2 aromatic carbocycles. The molecule has 0 aliphatic heterocycles. The van der Waals surface area contributed by atoms with Gasteiger partial charge in [0.15, 0.2) is 11.5 Å². The molecule has 0 bridgehead atoms. The summed E-state index contributed by atoms with van der Waals surface area (Å²) in [6, 6.07) is 7.32. The van der Waals surface area contributed by atoms with Crippen LogP contribution in [0.1, 0.15) is 16.0 Å². The highest BCUT2D eigenvalue weighted by Crippen LogP contribution is 2.41. The molecule has 2 nitrogen and oxygen atoms in total. The van der Waals surface area contributed by atoms with Crippen LogP contribution >= 0.6 is 31.9 Å². The molecule has 0 N–H and O–H groups in total. The highest BCUT2D eigenvalue weighted by molar-refractivity contribution is 9.11. The minimum atomic E-state index is -0.659. The van der Waals surface area contributed by atoms with E-state index >= 15 is 0 Å². The summed E-state index contributed by atoms with van der Waals surface area (Å²) >= 11 is 6.63. The van der Waals surface area contributed by atoms with Gasteiger partial charge in [-0.05, 0) is 18.2 Å². The third kappa shape index (κ3) is 3.21. The number of alkyl halides is 1. The van der Waals surface area contributed by atoms with Crippen molar-refractivity contribution in [2.45, 2.75) is 4.83 Å². The fraction of sp³-hybridized carbons (Fsp3) is 0.200. The molecule has 2 aromatic rings. The minimum Gasteiger partial charge on any atom is -0.493 e. The van der Waals surface area contributed by atoms with Crippen molar-refractivity contribution in [2.24, 2.45) is 0 Å². The van der Waals surface area contributed by atoms with Crippen LogP contribution in [0.2, 0.25) is 0 Å². The van der Waals surface area contributed by atoms with Crippen molar-refractivity contribution < 1.29 is 18.3 Å². The van der Waals surface area contributed by atoms with E-state index in [-0.39, 0.29) is 11.3 Å². The Labute approximate surface area is 138 Å². The molecule has 1 atom stereocenters. The van der Waals surface area contributed by atoms with Crippen molar-refractivity contribution in [1.82, 2.24) is 0 Å². The molecule has 112 valence electrons. The summed E-state index contributed by atoms with van der Waals surface area (Å²) in [6.07, 6.45) is 0. The number of rotatable bonds is 4. The van der Waals surface area contributed by atoms with Crippen LogP contribution < -0.4 is 9.47 Å². The number of ether oxygens (including phenoxy) is 2. The average molecular weight is 422 g/mol. The van der Waals surface area contributed by atoms with Gasteiger partial charge in [-0.15, -0.1) is 0 Å². The Bertz CT molecular complexity index is 642. The quantitative estimate of drug-likeness (QED) is 0.629. The molecule has 2 rings (SSSR count). The zero-order valence-electron chi connectivity index (χ0n) is 11.3. The molecule has 21 heavy (non-hydrogen) atoms. The molecule has 0 aliphatic carbocycles. The van der Waals surface area contributed by atoms with E-state index in [9.17, 15) is 8.78 Å². The third-order valence-electron chi connectivity index (χ3n) is 3.03. The van der Waals surface area contributed by atoms with E-state index in [0.717, 1.165) is 0 Å². The first-order valence-corrected chi connectivity index (χ1v) is 7.69. The summed E-state index contributed by atoms with van der Waals surface area (Å²) in [6.45, 7) is 0. The number of hydrogen-bond donors (Lipinski definition) is 0. The molecule has 0 heterocycles. The van der Waals surface area contributed by atoms with Crippen molar-refractivity contribution in [1.29, 1.82) is 0 Å². The molecule has 0 saturated heterocycles. The molecule has 0 aromatic heterocycles. The zero-order valence-corrected chi connectivity index (χ0v) is 14.5. The molecular weight excluding hydrogens is 410 g/mol. The third-order valence-corrected chi connectivity index (χ3v) is 4.67. The topological polar surface area (TPSA) is 18.5 Å². The van der Waals surface area contributed by atoms with Crippen molar-refractivity contribution >= 4 is 31.9 Å². The SMILES string of the molecule is COc1cc(F)c(C(Br)c2c(F)cccc2Br)cc1OC. The van der Waals surface area contributed by atoms with Gasteiger partial charge in [0.2, 0.25) is 0 Å². The first-order chi connectivity index (χ1) is 9.99. The van der Waals surface area contributed by atoms with E-state index in [0.29, 0.717) is 15.8 Å². The van der Waals surface area contributed by atoms with Gasteiger partial charge in [-0.1, -0.05) is 37.9 Å². The lowest BCUT2D eigenvalue weighted by Gasteiger charge is -2.17. The Hall–Kier alpha value is -1.14. The van der Waals surface area contributed by atoms with Crippen LogP contribution in [-0.4, -0.2) is 14.2 Å². The van der Waals surface area contributed by atoms with E-state index in [4.69, 9.17) is 9.47 Å². The monoisotopic (exact) mass is 420 g/mol. The normalized spacial score (nSPS) is 12.1. The summed E-state index contributed by atoms with van der Waals surface area (Å²) in [5.41, 5.74) is 0.585. The zero-order chi connectivity index (χ0) is 15.6. The van der Waals surface area contributed by atoms with Crippen LogP contribution in [0.25, 0.3) is 0 Å². The Morgan fingerprint density at radius 2 is 1.62 bits per heavy atom. The molecule has 6 heteroatoms. The van der Waals surface area contributed by atoms with Gasteiger partial charge in [0.1, 0.15) is 11.6 Å². The van der Waals surface area contributed by atoms with Gasteiger partial charge in [-0.25, -0.2) is 8.78 Å². The maximum absolute atomic E-state index is 14.2. The van der Waals surface area contributed by atoms with E-state index in [2.05, 4.69) is 31.9 Å². The average Bonchev–Trinajstić information content (AvgIpc) is 2.46. The second-order valence-electron chi connectivity index (χ2n) is 4.23. The van der Waals surface area contributed by atoms with Gasteiger partial charge >= 0.3 is 0 Å². The van der Waals surface area contributed by atoms with Gasteiger partial charge < -0.3 is 9.47 Å². The molecule has 0 saturated carbocycles. The standard InChI is InChI=1S/C15H12Br2F2O2/c1-20-12-6-8(11(19)7-13(12)21-2)15(17)14-9(16)4-3-5-10(14)18/h3-7,15H,1-2H3.